The van der Waals surface area contributed by atoms with Crippen LogP contribution in [0.3, 0.4) is 0 Å². The van der Waals surface area contributed by atoms with Gasteiger partial charge in [-0.2, -0.15) is 0 Å². The van der Waals surface area contributed by atoms with Crippen molar-refractivity contribution in [3.63, 3.8) is 0 Å². The smallest absolute Gasteiger partial charge is 0.166 e. The number of halogens is 3. The van der Waals surface area contributed by atoms with E-state index in [1.165, 1.54) is 6.08 Å². The molecule has 0 unspecified atom stereocenters. The normalized spacial score (nSPS) is 18.6. The summed E-state index contributed by atoms with van der Waals surface area (Å²) in [7, 11) is 0. The molecule has 0 radical (unpaired) electrons. The third-order valence-corrected chi connectivity index (χ3v) is 6.07. The van der Waals surface area contributed by atoms with Gasteiger partial charge in [-0.25, -0.2) is 13.2 Å². The SMILES string of the molecule is C=C(/C=C(/F)C(=C)OCC)COc1ccc(-c2ccc(C3CCC(C)CC3)c(F)c2F)cc1. The van der Waals surface area contributed by atoms with Crippen molar-refractivity contribution in [2.24, 2.45) is 5.92 Å². The molecule has 0 spiro atoms. The second-order valence-corrected chi connectivity index (χ2v) is 8.61. The summed E-state index contributed by atoms with van der Waals surface area (Å²) in [5.41, 5.74) is 1.66. The van der Waals surface area contributed by atoms with Crippen molar-refractivity contribution in [3.8, 4) is 16.9 Å². The highest BCUT2D eigenvalue weighted by molar-refractivity contribution is 5.65. The maximum atomic E-state index is 14.9. The van der Waals surface area contributed by atoms with E-state index in [1.54, 1.807) is 43.3 Å². The van der Waals surface area contributed by atoms with Gasteiger partial charge in [0.2, 0.25) is 0 Å². The Morgan fingerprint density at radius 2 is 1.67 bits per heavy atom. The third kappa shape index (κ3) is 6.31. The molecule has 0 amide bonds. The third-order valence-electron chi connectivity index (χ3n) is 6.07. The van der Waals surface area contributed by atoms with Crippen molar-refractivity contribution in [1.29, 1.82) is 0 Å². The van der Waals surface area contributed by atoms with Gasteiger partial charge in [0.25, 0.3) is 0 Å². The van der Waals surface area contributed by atoms with Crippen LogP contribution in [0, 0.1) is 17.6 Å². The van der Waals surface area contributed by atoms with Crippen LogP contribution in [0.15, 0.2) is 72.8 Å². The zero-order valence-electron chi connectivity index (χ0n) is 19.3. The summed E-state index contributed by atoms with van der Waals surface area (Å²) in [6.07, 6.45) is 5.09. The van der Waals surface area contributed by atoms with Crippen LogP contribution in [-0.2, 0) is 4.74 Å². The molecule has 0 N–H and O–H groups in total. The Hall–Kier alpha value is -2.95. The molecule has 2 aromatic carbocycles. The number of allylic oxidation sites excluding steroid dienone is 1. The van der Waals surface area contributed by atoms with Gasteiger partial charge in [-0.3, -0.25) is 0 Å². The van der Waals surface area contributed by atoms with E-state index in [4.69, 9.17) is 9.47 Å². The van der Waals surface area contributed by atoms with E-state index in [2.05, 4.69) is 20.1 Å². The molecule has 0 atom stereocenters. The Morgan fingerprint density at radius 3 is 2.30 bits per heavy atom. The van der Waals surface area contributed by atoms with E-state index in [0.717, 1.165) is 25.7 Å². The summed E-state index contributed by atoms with van der Waals surface area (Å²) >= 11 is 0. The Kier molecular flexibility index (Phi) is 8.43. The number of rotatable bonds is 9. The van der Waals surface area contributed by atoms with Crippen molar-refractivity contribution in [2.75, 3.05) is 13.2 Å². The van der Waals surface area contributed by atoms with Gasteiger partial charge < -0.3 is 9.47 Å². The Balaban J connectivity index is 1.65. The van der Waals surface area contributed by atoms with Gasteiger partial charge >= 0.3 is 0 Å². The number of benzene rings is 2. The first-order valence-electron chi connectivity index (χ1n) is 11.4. The highest BCUT2D eigenvalue weighted by Crippen LogP contribution is 2.38. The van der Waals surface area contributed by atoms with Crippen LogP contribution < -0.4 is 4.74 Å². The molecule has 0 aliphatic heterocycles. The molecule has 2 aromatic rings. The van der Waals surface area contributed by atoms with E-state index in [9.17, 15) is 13.2 Å². The first-order valence-corrected chi connectivity index (χ1v) is 11.4. The molecule has 0 saturated heterocycles. The Labute approximate surface area is 194 Å². The standard InChI is InChI=1S/C28H31F3O2/c1-5-32-20(4)26(29)16-19(3)17-33-23-12-10-22(11-13-23)25-15-14-24(27(30)28(25)31)21-8-6-18(2)7-9-21/h10-16,18,21H,3-9,17H2,1-2H3/b26-16+. The molecule has 2 nitrogen and oxygen atoms in total. The lowest BCUT2D eigenvalue weighted by Crippen LogP contribution is -2.13. The van der Waals surface area contributed by atoms with Gasteiger partial charge in [0.1, 0.15) is 18.1 Å². The van der Waals surface area contributed by atoms with E-state index in [1.807, 2.05) is 0 Å². The largest absolute Gasteiger partial charge is 0.491 e. The van der Waals surface area contributed by atoms with Crippen molar-refractivity contribution in [1.82, 2.24) is 0 Å². The molecule has 0 aromatic heterocycles. The number of hydrogen-bond donors (Lipinski definition) is 0. The first-order chi connectivity index (χ1) is 15.8. The van der Waals surface area contributed by atoms with Crippen LogP contribution in [0.1, 0.15) is 51.0 Å². The average Bonchev–Trinajstić information content (AvgIpc) is 2.81. The van der Waals surface area contributed by atoms with Crippen LogP contribution in [0.2, 0.25) is 0 Å². The lowest BCUT2D eigenvalue weighted by Gasteiger charge is -2.27. The van der Waals surface area contributed by atoms with Crippen molar-refractivity contribution >= 4 is 0 Å². The van der Waals surface area contributed by atoms with Gasteiger partial charge in [-0.1, -0.05) is 57.2 Å². The maximum Gasteiger partial charge on any atom is 0.166 e. The summed E-state index contributed by atoms with van der Waals surface area (Å²) in [5, 5.41) is 0. The van der Waals surface area contributed by atoms with Crippen molar-refractivity contribution < 1.29 is 22.6 Å². The van der Waals surface area contributed by atoms with Gasteiger partial charge in [0.15, 0.2) is 17.5 Å². The fourth-order valence-electron chi connectivity index (χ4n) is 4.13. The number of ether oxygens (including phenoxy) is 2. The predicted octanol–water partition coefficient (Wildman–Crippen LogP) is 8.26. The van der Waals surface area contributed by atoms with Gasteiger partial charge in [-0.15, -0.1) is 0 Å². The quantitative estimate of drug-likeness (QED) is 0.279. The average molecular weight is 457 g/mol. The highest BCUT2D eigenvalue weighted by Gasteiger charge is 2.25. The molecule has 0 heterocycles. The summed E-state index contributed by atoms with van der Waals surface area (Å²) in [4.78, 5) is 0. The molecular weight excluding hydrogens is 425 g/mol. The Morgan fingerprint density at radius 1 is 1.00 bits per heavy atom. The molecule has 1 aliphatic carbocycles. The predicted molar refractivity (Wildman–Crippen MR) is 127 cm³/mol. The lowest BCUT2D eigenvalue weighted by molar-refractivity contribution is 0.226. The second kappa shape index (κ2) is 11.3. The molecule has 176 valence electrons. The van der Waals surface area contributed by atoms with Crippen LogP contribution in [-0.4, -0.2) is 13.2 Å². The van der Waals surface area contributed by atoms with Gasteiger partial charge in [0, 0.05) is 5.56 Å². The second-order valence-electron chi connectivity index (χ2n) is 8.61. The van der Waals surface area contributed by atoms with E-state index in [-0.39, 0.29) is 23.8 Å². The molecule has 33 heavy (non-hydrogen) atoms. The van der Waals surface area contributed by atoms with E-state index in [0.29, 0.717) is 35.0 Å². The van der Waals surface area contributed by atoms with Gasteiger partial charge in [-0.05, 0) is 66.5 Å². The molecule has 1 aliphatic rings. The zero-order valence-corrected chi connectivity index (χ0v) is 19.3. The van der Waals surface area contributed by atoms with Crippen molar-refractivity contribution in [3.05, 3.63) is 90.0 Å². The minimum absolute atomic E-state index is 0.0543. The van der Waals surface area contributed by atoms with Gasteiger partial charge in [0.05, 0.1) is 6.61 Å². The molecule has 3 rings (SSSR count). The molecule has 1 fully saturated rings. The first kappa shape index (κ1) is 24.7. The van der Waals surface area contributed by atoms with E-state index >= 15 is 0 Å². The lowest BCUT2D eigenvalue weighted by atomic mass is 9.79. The van der Waals surface area contributed by atoms with Crippen LogP contribution in [0.5, 0.6) is 5.75 Å². The molecule has 0 bridgehead atoms. The highest BCUT2D eigenvalue weighted by atomic mass is 19.2. The summed E-state index contributed by atoms with van der Waals surface area (Å²) in [5.74, 6) is -0.986. The monoisotopic (exact) mass is 456 g/mol. The summed E-state index contributed by atoms with van der Waals surface area (Å²) in [6, 6.07) is 10.0. The minimum atomic E-state index is -0.816. The van der Waals surface area contributed by atoms with E-state index < -0.39 is 17.5 Å². The topological polar surface area (TPSA) is 18.5 Å². The summed E-state index contributed by atoms with van der Waals surface area (Å²) in [6.45, 7) is 11.6. The van der Waals surface area contributed by atoms with Crippen molar-refractivity contribution in [2.45, 2.75) is 45.4 Å². The molecule has 1 saturated carbocycles. The van der Waals surface area contributed by atoms with Crippen LogP contribution >= 0.6 is 0 Å². The molecule has 5 heteroatoms. The maximum absolute atomic E-state index is 14.9. The summed E-state index contributed by atoms with van der Waals surface area (Å²) < 4.78 is 54.3. The Bertz CT molecular complexity index is 1020. The van der Waals surface area contributed by atoms with Crippen LogP contribution in [0.25, 0.3) is 11.1 Å². The fraction of sp³-hybridized carbons (Fsp3) is 0.357. The molecular formula is C28H31F3O2. The minimum Gasteiger partial charge on any atom is -0.491 e. The van der Waals surface area contributed by atoms with Crippen LogP contribution in [0.4, 0.5) is 13.2 Å². The fourth-order valence-corrected chi connectivity index (χ4v) is 4.13. The zero-order chi connectivity index (χ0) is 24.0. The number of hydrogen-bond acceptors (Lipinski definition) is 2.